The third kappa shape index (κ3) is 4.07. The summed E-state index contributed by atoms with van der Waals surface area (Å²) in [5.74, 6) is 1.45. The summed E-state index contributed by atoms with van der Waals surface area (Å²) in [5.41, 5.74) is 1.83. The third-order valence-corrected chi connectivity index (χ3v) is 3.65. The Morgan fingerprint density at radius 2 is 1.81 bits per heavy atom. The van der Waals surface area contributed by atoms with E-state index in [2.05, 4.69) is 15.8 Å². The van der Waals surface area contributed by atoms with E-state index < -0.39 is 6.03 Å². The number of methoxy groups -OCH3 is 1. The Morgan fingerprint density at radius 3 is 2.50 bits per heavy atom. The number of amides is 2. The molecule has 26 heavy (non-hydrogen) atoms. The van der Waals surface area contributed by atoms with Crippen LogP contribution in [0.5, 0.6) is 5.75 Å². The number of hydrogen-bond acceptors (Lipinski definition) is 5. The second kappa shape index (κ2) is 7.52. The molecular weight excluding hydrogens is 334 g/mol. The van der Waals surface area contributed by atoms with Crippen LogP contribution in [0.25, 0.3) is 11.3 Å². The zero-order chi connectivity index (χ0) is 18.5. The van der Waals surface area contributed by atoms with Gasteiger partial charge in [0, 0.05) is 22.9 Å². The van der Waals surface area contributed by atoms with Crippen LogP contribution in [-0.2, 0) is 0 Å². The predicted molar refractivity (Wildman–Crippen MR) is 97.6 cm³/mol. The van der Waals surface area contributed by atoms with Crippen molar-refractivity contribution in [1.82, 2.24) is 5.16 Å². The average molecular weight is 351 g/mol. The molecule has 0 saturated carbocycles. The van der Waals surface area contributed by atoms with Crippen molar-refractivity contribution in [3.63, 3.8) is 0 Å². The van der Waals surface area contributed by atoms with E-state index in [1.807, 2.05) is 12.1 Å². The van der Waals surface area contributed by atoms with Crippen LogP contribution in [-0.4, -0.2) is 24.1 Å². The highest BCUT2D eigenvalue weighted by molar-refractivity contribution is 6.01. The van der Waals surface area contributed by atoms with Crippen LogP contribution < -0.4 is 15.4 Å². The van der Waals surface area contributed by atoms with Gasteiger partial charge in [-0.25, -0.2) is 4.79 Å². The van der Waals surface area contributed by atoms with Gasteiger partial charge in [-0.2, -0.15) is 0 Å². The van der Waals surface area contributed by atoms with E-state index in [0.717, 1.165) is 11.3 Å². The van der Waals surface area contributed by atoms with Gasteiger partial charge in [0.25, 0.3) is 0 Å². The van der Waals surface area contributed by atoms with Gasteiger partial charge in [0.2, 0.25) is 0 Å². The molecule has 0 aliphatic carbocycles. The van der Waals surface area contributed by atoms with Gasteiger partial charge in [-0.05, 0) is 43.3 Å². The number of aromatic nitrogens is 1. The molecule has 0 aliphatic rings. The lowest BCUT2D eigenvalue weighted by atomic mass is 10.1. The van der Waals surface area contributed by atoms with E-state index in [4.69, 9.17) is 9.26 Å². The Labute approximate surface area is 150 Å². The quantitative estimate of drug-likeness (QED) is 0.672. The monoisotopic (exact) mass is 351 g/mol. The number of nitrogens with one attached hydrogen (secondary N) is 2. The zero-order valence-corrected chi connectivity index (χ0v) is 14.3. The van der Waals surface area contributed by atoms with Gasteiger partial charge >= 0.3 is 6.03 Å². The van der Waals surface area contributed by atoms with Gasteiger partial charge in [-0.3, -0.25) is 10.1 Å². The smallest absolute Gasteiger partial charge is 0.324 e. The largest absolute Gasteiger partial charge is 0.497 e. The highest BCUT2D eigenvalue weighted by atomic mass is 16.5. The van der Waals surface area contributed by atoms with Crippen LogP contribution in [0.2, 0.25) is 0 Å². The van der Waals surface area contributed by atoms with Crippen molar-refractivity contribution in [1.29, 1.82) is 0 Å². The molecule has 0 aliphatic heterocycles. The van der Waals surface area contributed by atoms with Crippen LogP contribution >= 0.6 is 0 Å². The number of Topliss-reactive ketones (excluding diaryl/α,β-unsaturated/α-hetero) is 1. The number of benzene rings is 2. The van der Waals surface area contributed by atoms with Gasteiger partial charge in [0.15, 0.2) is 17.4 Å². The summed E-state index contributed by atoms with van der Waals surface area (Å²) in [6.07, 6.45) is 0. The Balaban J connectivity index is 1.65. The Hall–Kier alpha value is -3.61. The topological polar surface area (TPSA) is 93.5 Å². The minimum absolute atomic E-state index is 0.0744. The van der Waals surface area contributed by atoms with E-state index in [1.165, 1.54) is 6.92 Å². The van der Waals surface area contributed by atoms with Crippen LogP contribution in [0.15, 0.2) is 59.1 Å². The van der Waals surface area contributed by atoms with Crippen LogP contribution in [0.3, 0.4) is 0 Å². The molecule has 0 radical (unpaired) electrons. The highest BCUT2D eigenvalue weighted by Crippen LogP contribution is 2.24. The molecule has 0 unspecified atom stereocenters. The molecular formula is C19H17N3O4. The number of ether oxygens (including phenoxy) is 1. The van der Waals surface area contributed by atoms with Crippen molar-refractivity contribution in [2.75, 3.05) is 17.7 Å². The standard InChI is InChI=1S/C19H17N3O4/c1-12(23)14-4-3-5-15(10-14)20-19(24)21-18-11-17(26-22-18)13-6-8-16(25-2)9-7-13/h3-11H,1-2H3,(H2,20,21,22,24). The first-order valence-corrected chi connectivity index (χ1v) is 7.85. The molecule has 2 N–H and O–H groups in total. The number of nitrogens with zero attached hydrogens (tertiary/aromatic N) is 1. The van der Waals surface area contributed by atoms with Gasteiger partial charge in [-0.15, -0.1) is 0 Å². The van der Waals surface area contributed by atoms with E-state index >= 15 is 0 Å². The lowest BCUT2D eigenvalue weighted by Crippen LogP contribution is -2.19. The van der Waals surface area contributed by atoms with Gasteiger partial charge in [-0.1, -0.05) is 17.3 Å². The number of ketones is 1. The fourth-order valence-electron chi connectivity index (χ4n) is 2.32. The van der Waals surface area contributed by atoms with Gasteiger partial charge in [0.1, 0.15) is 5.75 Å². The molecule has 7 nitrogen and oxygen atoms in total. The van der Waals surface area contributed by atoms with Crippen molar-refractivity contribution in [3.05, 3.63) is 60.2 Å². The molecule has 3 rings (SSSR count). The van der Waals surface area contributed by atoms with Gasteiger partial charge in [0.05, 0.1) is 7.11 Å². The summed E-state index contributed by atoms with van der Waals surface area (Å²) in [5, 5.41) is 9.07. The summed E-state index contributed by atoms with van der Waals surface area (Å²) >= 11 is 0. The van der Waals surface area contributed by atoms with Crippen molar-refractivity contribution in [3.8, 4) is 17.1 Å². The second-order valence-corrected chi connectivity index (χ2v) is 5.52. The number of rotatable bonds is 5. The summed E-state index contributed by atoms with van der Waals surface area (Å²) in [4.78, 5) is 23.5. The van der Waals surface area contributed by atoms with E-state index in [0.29, 0.717) is 17.0 Å². The van der Waals surface area contributed by atoms with Crippen LogP contribution in [0.1, 0.15) is 17.3 Å². The fourth-order valence-corrected chi connectivity index (χ4v) is 2.32. The Kier molecular flexibility index (Phi) is 4.98. The summed E-state index contributed by atoms with van der Waals surface area (Å²) in [6, 6.07) is 15.1. The van der Waals surface area contributed by atoms with Crippen molar-refractivity contribution in [2.45, 2.75) is 6.92 Å². The third-order valence-electron chi connectivity index (χ3n) is 3.65. The Bertz CT molecular complexity index is 932. The number of anilines is 2. The molecule has 2 amide bonds. The van der Waals surface area contributed by atoms with Gasteiger partial charge < -0.3 is 14.6 Å². The molecule has 0 saturated heterocycles. The van der Waals surface area contributed by atoms with Crippen molar-refractivity contribution < 1.29 is 18.8 Å². The number of urea groups is 1. The molecule has 3 aromatic rings. The van der Waals surface area contributed by atoms with E-state index in [-0.39, 0.29) is 11.6 Å². The lowest BCUT2D eigenvalue weighted by molar-refractivity contribution is 0.101. The van der Waals surface area contributed by atoms with E-state index in [9.17, 15) is 9.59 Å². The average Bonchev–Trinajstić information content (AvgIpc) is 3.10. The number of hydrogen-bond donors (Lipinski definition) is 2. The first-order valence-electron chi connectivity index (χ1n) is 7.85. The van der Waals surface area contributed by atoms with Crippen LogP contribution in [0.4, 0.5) is 16.3 Å². The molecule has 1 heterocycles. The lowest BCUT2D eigenvalue weighted by Gasteiger charge is -2.06. The molecule has 2 aromatic carbocycles. The normalized spacial score (nSPS) is 10.2. The fraction of sp³-hybridized carbons (Fsp3) is 0.105. The number of carbonyl (C=O) groups is 2. The summed E-state index contributed by atoms with van der Waals surface area (Å²) in [6.45, 7) is 1.47. The molecule has 0 fully saturated rings. The second-order valence-electron chi connectivity index (χ2n) is 5.52. The highest BCUT2D eigenvalue weighted by Gasteiger charge is 2.10. The molecule has 0 bridgehead atoms. The maximum Gasteiger partial charge on any atom is 0.324 e. The van der Waals surface area contributed by atoms with Crippen molar-refractivity contribution >= 4 is 23.3 Å². The summed E-state index contributed by atoms with van der Waals surface area (Å²) in [7, 11) is 1.59. The molecule has 0 spiro atoms. The number of carbonyl (C=O) groups excluding carboxylic acids is 2. The summed E-state index contributed by atoms with van der Waals surface area (Å²) < 4.78 is 10.4. The molecule has 132 valence electrons. The maximum absolute atomic E-state index is 12.1. The minimum atomic E-state index is -0.486. The maximum atomic E-state index is 12.1. The molecule has 0 atom stereocenters. The SMILES string of the molecule is COc1ccc(-c2cc(NC(=O)Nc3cccc(C(C)=O)c3)no2)cc1. The minimum Gasteiger partial charge on any atom is -0.497 e. The Morgan fingerprint density at radius 1 is 1.04 bits per heavy atom. The van der Waals surface area contributed by atoms with Crippen LogP contribution in [0, 0.1) is 0 Å². The molecule has 1 aromatic heterocycles. The van der Waals surface area contributed by atoms with Crippen molar-refractivity contribution in [2.24, 2.45) is 0 Å². The molecule has 7 heteroatoms. The zero-order valence-electron chi connectivity index (χ0n) is 14.3. The first kappa shape index (κ1) is 17.2. The van der Waals surface area contributed by atoms with E-state index in [1.54, 1.807) is 49.6 Å². The predicted octanol–water partition coefficient (Wildman–Crippen LogP) is 4.20. The first-order chi connectivity index (χ1) is 12.5.